The van der Waals surface area contributed by atoms with Crippen LogP contribution in [0.5, 0.6) is 0 Å². The number of esters is 1. The second kappa shape index (κ2) is 5.49. The van der Waals surface area contributed by atoms with Gasteiger partial charge >= 0.3 is 5.97 Å². The molecule has 3 nitrogen and oxygen atoms in total. The van der Waals surface area contributed by atoms with Crippen LogP contribution in [0.25, 0.3) is 17.0 Å². The van der Waals surface area contributed by atoms with Crippen molar-refractivity contribution in [3.05, 3.63) is 40.6 Å². The quantitative estimate of drug-likeness (QED) is 0.631. The third-order valence-corrected chi connectivity index (χ3v) is 3.49. The molecule has 0 aliphatic rings. The van der Waals surface area contributed by atoms with Crippen LogP contribution >= 0.6 is 11.6 Å². The Morgan fingerprint density at radius 1 is 1.42 bits per heavy atom. The highest BCUT2D eigenvalue weighted by Crippen LogP contribution is 2.30. The first-order valence-corrected chi connectivity index (χ1v) is 6.52. The predicted molar refractivity (Wildman–Crippen MR) is 78.2 cm³/mol. The van der Waals surface area contributed by atoms with Crippen LogP contribution in [0.1, 0.15) is 19.4 Å². The molecule has 100 valence electrons. The van der Waals surface area contributed by atoms with E-state index >= 15 is 0 Å². The number of carbonyl (C=O) groups excluding carboxylic acids is 1. The van der Waals surface area contributed by atoms with Crippen LogP contribution < -0.4 is 0 Å². The van der Waals surface area contributed by atoms with Gasteiger partial charge in [0.15, 0.2) is 0 Å². The van der Waals surface area contributed by atoms with Crippen molar-refractivity contribution in [3.8, 4) is 0 Å². The molecule has 1 heterocycles. The number of ether oxygens (including phenoxy) is 1. The fraction of sp³-hybridized carbons (Fsp3) is 0.267. The van der Waals surface area contributed by atoms with Gasteiger partial charge in [0.1, 0.15) is 5.15 Å². The molecule has 0 spiro atoms. The monoisotopic (exact) mass is 277 g/mol. The highest BCUT2D eigenvalue weighted by molar-refractivity contribution is 6.33. The molecule has 1 aromatic carbocycles. The number of aryl methyl sites for hydroxylation is 1. The van der Waals surface area contributed by atoms with Gasteiger partial charge < -0.3 is 9.30 Å². The standard InChI is InChI=1S/C15H16ClNO2/c1-4-19-15(18)10(2)9-12-11-7-5-6-8-13(11)17(3)14(12)16/h5-9H,4H2,1-3H3/b10-9+. The molecular formula is C15H16ClNO2. The van der Waals surface area contributed by atoms with E-state index in [1.807, 2.05) is 35.9 Å². The number of hydrogen-bond acceptors (Lipinski definition) is 2. The highest BCUT2D eigenvalue weighted by atomic mass is 35.5. The van der Waals surface area contributed by atoms with Crippen molar-refractivity contribution in [3.63, 3.8) is 0 Å². The third-order valence-electron chi connectivity index (χ3n) is 3.03. The number of fused-ring (bicyclic) bond motifs is 1. The molecule has 1 aromatic heterocycles. The van der Waals surface area contributed by atoms with Gasteiger partial charge in [-0.15, -0.1) is 0 Å². The number of aromatic nitrogens is 1. The summed E-state index contributed by atoms with van der Waals surface area (Å²) in [6.45, 7) is 3.89. The van der Waals surface area contributed by atoms with Gasteiger partial charge in [-0.05, 0) is 26.0 Å². The Morgan fingerprint density at radius 3 is 2.79 bits per heavy atom. The van der Waals surface area contributed by atoms with E-state index in [4.69, 9.17) is 16.3 Å². The molecule has 0 radical (unpaired) electrons. The smallest absolute Gasteiger partial charge is 0.333 e. The topological polar surface area (TPSA) is 31.2 Å². The molecule has 0 atom stereocenters. The van der Waals surface area contributed by atoms with Crippen LogP contribution in [0.3, 0.4) is 0 Å². The van der Waals surface area contributed by atoms with Crippen LogP contribution in [0, 0.1) is 0 Å². The summed E-state index contributed by atoms with van der Waals surface area (Å²) in [6.07, 6.45) is 1.78. The fourth-order valence-corrected chi connectivity index (χ4v) is 2.30. The van der Waals surface area contributed by atoms with Gasteiger partial charge in [-0.3, -0.25) is 0 Å². The Bertz CT molecular complexity index is 655. The lowest BCUT2D eigenvalue weighted by Gasteiger charge is -2.01. The van der Waals surface area contributed by atoms with Gasteiger partial charge in [-0.1, -0.05) is 29.8 Å². The summed E-state index contributed by atoms with van der Waals surface area (Å²) in [7, 11) is 1.90. The van der Waals surface area contributed by atoms with E-state index < -0.39 is 0 Å². The Morgan fingerprint density at radius 2 is 2.11 bits per heavy atom. The lowest BCUT2D eigenvalue weighted by Crippen LogP contribution is -2.04. The highest BCUT2D eigenvalue weighted by Gasteiger charge is 2.13. The minimum absolute atomic E-state index is 0.313. The maximum atomic E-state index is 11.7. The van der Waals surface area contributed by atoms with E-state index in [1.165, 1.54) is 0 Å². The summed E-state index contributed by atoms with van der Waals surface area (Å²) in [6, 6.07) is 7.91. The van der Waals surface area contributed by atoms with Gasteiger partial charge in [-0.25, -0.2) is 4.79 Å². The van der Waals surface area contributed by atoms with Crippen LogP contribution in [0.4, 0.5) is 0 Å². The molecule has 19 heavy (non-hydrogen) atoms. The predicted octanol–water partition coefficient (Wildman–Crippen LogP) is 3.80. The zero-order valence-electron chi connectivity index (χ0n) is 11.2. The van der Waals surface area contributed by atoms with Gasteiger partial charge in [0.2, 0.25) is 0 Å². The molecule has 0 aliphatic heterocycles. The first-order valence-electron chi connectivity index (χ1n) is 6.14. The summed E-state index contributed by atoms with van der Waals surface area (Å²) < 4.78 is 6.88. The average Bonchev–Trinajstić information content (AvgIpc) is 2.65. The number of hydrogen-bond donors (Lipinski definition) is 0. The number of para-hydroxylation sites is 1. The molecule has 0 unspecified atom stereocenters. The maximum Gasteiger partial charge on any atom is 0.333 e. The molecule has 0 bridgehead atoms. The lowest BCUT2D eigenvalue weighted by atomic mass is 10.1. The molecule has 0 aliphatic carbocycles. The van der Waals surface area contributed by atoms with Crippen molar-refractivity contribution in [2.45, 2.75) is 13.8 Å². The molecule has 0 saturated carbocycles. The van der Waals surface area contributed by atoms with Crippen LogP contribution in [0.15, 0.2) is 29.8 Å². The van der Waals surface area contributed by atoms with Gasteiger partial charge in [-0.2, -0.15) is 0 Å². The number of halogens is 1. The van der Waals surface area contributed by atoms with Gasteiger partial charge in [0.05, 0.1) is 6.61 Å². The molecule has 0 saturated heterocycles. The van der Waals surface area contributed by atoms with Crippen LogP contribution in [-0.2, 0) is 16.6 Å². The van der Waals surface area contributed by atoms with E-state index in [0.717, 1.165) is 16.5 Å². The summed E-state index contributed by atoms with van der Waals surface area (Å²) >= 11 is 6.33. The summed E-state index contributed by atoms with van der Waals surface area (Å²) in [5.41, 5.74) is 2.43. The van der Waals surface area contributed by atoms with Crippen molar-refractivity contribution < 1.29 is 9.53 Å². The van der Waals surface area contributed by atoms with Crippen molar-refractivity contribution in [1.82, 2.24) is 4.57 Å². The molecule has 0 fully saturated rings. The molecule has 0 N–H and O–H groups in total. The Kier molecular flexibility index (Phi) is 3.96. The zero-order valence-corrected chi connectivity index (χ0v) is 12.0. The Balaban J connectivity index is 2.54. The van der Waals surface area contributed by atoms with E-state index in [2.05, 4.69) is 0 Å². The molecule has 2 rings (SSSR count). The second-order valence-corrected chi connectivity index (χ2v) is 4.69. The van der Waals surface area contributed by atoms with Crippen molar-refractivity contribution >= 4 is 34.5 Å². The molecule has 0 amide bonds. The third kappa shape index (κ3) is 2.51. The first-order chi connectivity index (χ1) is 9.06. The Hall–Kier alpha value is -1.74. The SMILES string of the molecule is CCOC(=O)/C(C)=C/c1c(Cl)n(C)c2ccccc12. The van der Waals surface area contributed by atoms with Gasteiger partial charge in [0.25, 0.3) is 0 Å². The van der Waals surface area contributed by atoms with Crippen LogP contribution in [-0.4, -0.2) is 17.1 Å². The summed E-state index contributed by atoms with van der Waals surface area (Å²) in [5.74, 6) is -0.313. The van der Waals surface area contributed by atoms with Crippen LogP contribution in [0.2, 0.25) is 5.15 Å². The van der Waals surface area contributed by atoms with Crippen molar-refractivity contribution in [2.75, 3.05) is 6.61 Å². The van der Waals surface area contributed by atoms with E-state index in [1.54, 1.807) is 19.9 Å². The van der Waals surface area contributed by atoms with Gasteiger partial charge in [0, 0.05) is 29.1 Å². The van der Waals surface area contributed by atoms with E-state index in [-0.39, 0.29) is 5.97 Å². The van der Waals surface area contributed by atoms with Crippen molar-refractivity contribution in [1.29, 1.82) is 0 Å². The van der Waals surface area contributed by atoms with E-state index in [0.29, 0.717) is 17.3 Å². The van der Waals surface area contributed by atoms with E-state index in [9.17, 15) is 4.79 Å². The first kappa shape index (κ1) is 13.7. The minimum atomic E-state index is -0.313. The lowest BCUT2D eigenvalue weighted by molar-refractivity contribution is -0.138. The molecule has 2 aromatic rings. The maximum absolute atomic E-state index is 11.7. The minimum Gasteiger partial charge on any atom is -0.463 e. The fourth-order valence-electron chi connectivity index (χ4n) is 2.05. The zero-order chi connectivity index (χ0) is 14.0. The number of nitrogens with zero attached hydrogens (tertiary/aromatic N) is 1. The number of rotatable bonds is 3. The number of benzene rings is 1. The Labute approximate surface area is 117 Å². The summed E-state index contributed by atoms with van der Waals surface area (Å²) in [5, 5.41) is 1.64. The summed E-state index contributed by atoms with van der Waals surface area (Å²) in [4.78, 5) is 11.7. The van der Waals surface area contributed by atoms with Crippen molar-refractivity contribution in [2.24, 2.45) is 7.05 Å². The number of carbonyl (C=O) groups is 1. The largest absolute Gasteiger partial charge is 0.463 e. The normalized spacial score (nSPS) is 11.9. The molecule has 4 heteroatoms. The second-order valence-electron chi connectivity index (χ2n) is 4.33. The average molecular weight is 278 g/mol. The molecular weight excluding hydrogens is 262 g/mol.